The number of ether oxygens (including phenoxy) is 1. The van der Waals surface area contributed by atoms with Crippen LogP contribution in [0.5, 0.6) is 0 Å². The van der Waals surface area contributed by atoms with Crippen LogP contribution in [0.2, 0.25) is 0 Å². The summed E-state index contributed by atoms with van der Waals surface area (Å²) < 4.78 is 5.45. The Hall–Kier alpha value is -1.39. The summed E-state index contributed by atoms with van der Waals surface area (Å²) in [6, 6.07) is 9.12. The van der Waals surface area contributed by atoms with Gasteiger partial charge in [-0.15, -0.1) is 0 Å². The van der Waals surface area contributed by atoms with Gasteiger partial charge in [0.1, 0.15) is 0 Å². The third-order valence-electron chi connectivity index (χ3n) is 4.28. The number of hydrogen-bond donors (Lipinski definition) is 1. The first kappa shape index (κ1) is 12.6. The number of carbonyl (C=O) groups excluding carboxylic acids is 1. The average molecular weight is 261 g/mol. The second kappa shape index (κ2) is 4.94. The SMILES string of the molecule is O=C(C(O)c1ccccc1)N1CCC2(CCOC2)C1. The summed E-state index contributed by atoms with van der Waals surface area (Å²) in [7, 11) is 0. The van der Waals surface area contributed by atoms with E-state index in [0.717, 1.165) is 39.1 Å². The molecule has 4 nitrogen and oxygen atoms in total. The molecule has 3 rings (SSSR count). The number of benzene rings is 1. The van der Waals surface area contributed by atoms with Crippen LogP contribution < -0.4 is 0 Å². The molecular weight excluding hydrogens is 242 g/mol. The lowest BCUT2D eigenvalue weighted by Gasteiger charge is -2.23. The van der Waals surface area contributed by atoms with Crippen LogP contribution in [-0.2, 0) is 9.53 Å². The van der Waals surface area contributed by atoms with Crippen molar-refractivity contribution in [2.75, 3.05) is 26.3 Å². The highest BCUT2D eigenvalue weighted by Gasteiger charge is 2.43. The minimum absolute atomic E-state index is 0.145. The number of aliphatic hydroxyl groups is 1. The molecule has 1 aromatic carbocycles. The Labute approximate surface area is 113 Å². The molecule has 0 radical (unpaired) electrons. The van der Waals surface area contributed by atoms with E-state index in [1.807, 2.05) is 18.2 Å². The fourth-order valence-electron chi connectivity index (χ4n) is 3.05. The van der Waals surface area contributed by atoms with Crippen molar-refractivity contribution in [3.05, 3.63) is 35.9 Å². The highest BCUT2D eigenvalue weighted by atomic mass is 16.5. The summed E-state index contributed by atoms with van der Waals surface area (Å²) in [5.74, 6) is -0.185. The third kappa shape index (κ3) is 2.38. The molecule has 2 atom stereocenters. The number of rotatable bonds is 2. The maximum atomic E-state index is 12.3. The molecule has 2 heterocycles. The highest BCUT2D eigenvalue weighted by molar-refractivity contribution is 5.82. The molecular formula is C15H19NO3. The topological polar surface area (TPSA) is 49.8 Å². The molecule has 1 amide bonds. The number of aliphatic hydroxyl groups excluding tert-OH is 1. The van der Waals surface area contributed by atoms with Gasteiger partial charge in [0, 0.05) is 25.1 Å². The van der Waals surface area contributed by atoms with E-state index >= 15 is 0 Å². The molecule has 1 aromatic rings. The monoisotopic (exact) mass is 261 g/mol. The van der Waals surface area contributed by atoms with Crippen molar-refractivity contribution in [3.63, 3.8) is 0 Å². The number of amides is 1. The fraction of sp³-hybridized carbons (Fsp3) is 0.533. The summed E-state index contributed by atoms with van der Waals surface area (Å²) in [6.07, 6.45) is 0.969. The lowest BCUT2D eigenvalue weighted by Crippen LogP contribution is -2.35. The van der Waals surface area contributed by atoms with E-state index in [9.17, 15) is 9.90 Å². The summed E-state index contributed by atoms with van der Waals surface area (Å²) in [5.41, 5.74) is 0.808. The second-order valence-electron chi connectivity index (χ2n) is 5.63. The van der Waals surface area contributed by atoms with E-state index in [0.29, 0.717) is 5.56 Å². The molecule has 0 aromatic heterocycles. The molecule has 2 saturated heterocycles. The van der Waals surface area contributed by atoms with Crippen molar-refractivity contribution in [2.45, 2.75) is 18.9 Å². The molecule has 4 heteroatoms. The fourth-order valence-corrected chi connectivity index (χ4v) is 3.05. The van der Waals surface area contributed by atoms with Gasteiger partial charge in [-0.05, 0) is 18.4 Å². The van der Waals surface area contributed by atoms with Gasteiger partial charge in [0.25, 0.3) is 5.91 Å². The molecule has 2 unspecified atom stereocenters. The molecule has 1 N–H and O–H groups in total. The average Bonchev–Trinajstić information content (AvgIpc) is 3.09. The molecule has 102 valence electrons. The van der Waals surface area contributed by atoms with Gasteiger partial charge >= 0.3 is 0 Å². The number of carbonyl (C=O) groups is 1. The van der Waals surface area contributed by atoms with Crippen LogP contribution in [0.15, 0.2) is 30.3 Å². The molecule has 0 aliphatic carbocycles. The van der Waals surface area contributed by atoms with E-state index in [-0.39, 0.29) is 11.3 Å². The summed E-state index contributed by atoms with van der Waals surface area (Å²) in [4.78, 5) is 14.1. The standard InChI is InChI=1S/C15H19NO3/c17-13(12-4-2-1-3-5-12)14(18)16-8-6-15(10-16)7-9-19-11-15/h1-5,13,17H,6-11H2. The van der Waals surface area contributed by atoms with Gasteiger partial charge in [-0.1, -0.05) is 30.3 Å². The van der Waals surface area contributed by atoms with Crippen molar-refractivity contribution in [2.24, 2.45) is 5.41 Å². The van der Waals surface area contributed by atoms with Crippen LogP contribution in [0.1, 0.15) is 24.5 Å². The van der Waals surface area contributed by atoms with Crippen LogP contribution in [0.25, 0.3) is 0 Å². The van der Waals surface area contributed by atoms with Crippen LogP contribution >= 0.6 is 0 Å². The predicted molar refractivity (Wildman–Crippen MR) is 70.5 cm³/mol. The number of likely N-dealkylation sites (tertiary alicyclic amines) is 1. The first-order chi connectivity index (χ1) is 9.20. The number of hydrogen-bond acceptors (Lipinski definition) is 3. The Morgan fingerprint density at radius 3 is 2.79 bits per heavy atom. The van der Waals surface area contributed by atoms with E-state index < -0.39 is 6.10 Å². The second-order valence-corrected chi connectivity index (χ2v) is 5.63. The first-order valence-electron chi connectivity index (χ1n) is 6.80. The number of nitrogens with zero attached hydrogens (tertiary/aromatic N) is 1. The normalized spacial score (nSPS) is 27.9. The Morgan fingerprint density at radius 1 is 1.32 bits per heavy atom. The lowest BCUT2D eigenvalue weighted by molar-refractivity contribution is -0.139. The Morgan fingerprint density at radius 2 is 2.11 bits per heavy atom. The van der Waals surface area contributed by atoms with Crippen molar-refractivity contribution in [3.8, 4) is 0 Å². The maximum Gasteiger partial charge on any atom is 0.256 e. The molecule has 2 fully saturated rings. The van der Waals surface area contributed by atoms with Gasteiger partial charge in [-0.2, -0.15) is 0 Å². The van der Waals surface area contributed by atoms with Gasteiger partial charge < -0.3 is 14.7 Å². The molecule has 19 heavy (non-hydrogen) atoms. The van der Waals surface area contributed by atoms with Crippen molar-refractivity contribution < 1.29 is 14.6 Å². The van der Waals surface area contributed by atoms with Gasteiger partial charge in [0.15, 0.2) is 6.10 Å². The smallest absolute Gasteiger partial charge is 0.256 e. The van der Waals surface area contributed by atoms with Gasteiger partial charge in [-0.3, -0.25) is 4.79 Å². The zero-order chi connectivity index (χ0) is 13.3. The zero-order valence-corrected chi connectivity index (χ0v) is 10.9. The van der Waals surface area contributed by atoms with Gasteiger partial charge in [0.05, 0.1) is 6.61 Å². The Kier molecular flexibility index (Phi) is 3.29. The summed E-state index contributed by atoms with van der Waals surface area (Å²) in [5, 5.41) is 10.2. The van der Waals surface area contributed by atoms with Crippen LogP contribution in [-0.4, -0.2) is 42.2 Å². The van der Waals surface area contributed by atoms with E-state index in [2.05, 4.69) is 0 Å². The van der Waals surface area contributed by atoms with E-state index in [4.69, 9.17) is 4.74 Å². The van der Waals surface area contributed by atoms with Crippen molar-refractivity contribution >= 4 is 5.91 Å². The minimum atomic E-state index is -1.04. The maximum absolute atomic E-state index is 12.3. The Bertz CT molecular complexity index is 454. The van der Waals surface area contributed by atoms with E-state index in [1.54, 1.807) is 17.0 Å². The van der Waals surface area contributed by atoms with E-state index in [1.165, 1.54) is 0 Å². The Balaban J connectivity index is 1.68. The first-order valence-corrected chi connectivity index (χ1v) is 6.80. The largest absolute Gasteiger partial charge is 0.381 e. The zero-order valence-electron chi connectivity index (χ0n) is 10.9. The molecule has 2 aliphatic rings. The molecule has 0 saturated carbocycles. The predicted octanol–water partition coefficient (Wildman–Crippen LogP) is 1.36. The third-order valence-corrected chi connectivity index (χ3v) is 4.28. The summed E-state index contributed by atoms with van der Waals surface area (Å²) in [6.45, 7) is 2.99. The molecule has 2 aliphatic heterocycles. The lowest BCUT2D eigenvalue weighted by atomic mass is 9.87. The molecule has 1 spiro atoms. The van der Waals surface area contributed by atoms with Crippen molar-refractivity contribution in [1.29, 1.82) is 0 Å². The summed E-state index contributed by atoms with van der Waals surface area (Å²) >= 11 is 0. The van der Waals surface area contributed by atoms with Crippen LogP contribution in [0, 0.1) is 5.41 Å². The van der Waals surface area contributed by atoms with Crippen molar-refractivity contribution in [1.82, 2.24) is 4.90 Å². The van der Waals surface area contributed by atoms with Crippen LogP contribution in [0.4, 0.5) is 0 Å². The minimum Gasteiger partial charge on any atom is -0.381 e. The molecule has 0 bridgehead atoms. The van der Waals surface area contributed by atoms with Gasteiger partial charge in [-0.25, -0.2) is 0 Å². The highest BCUT2D eigenvalue weighted by Crippen LogP contribution is 2.38. The van der Waals surface area contributed by atoms with Gasteiger partial charge in [0.2, 0.25) is 0 Å². The quantitative estimate of drug-likeness (QED) is 0.874. The van der Waals surface area contributed by atoms with Crippen LogP contribution in [0.3, 0.4) is 0 Å².